The minimum Gasteiger partial charge on any atom is -0.493 e. The van der Waals surface area contributed by atoms with Crippen molar-refractivity contribution in [3.05, 3.63) is 118 Å². The number of amides is 4. The van der Waals surface area contributed by atoms with Crippen LogP contribution in [0.15, 0.2) is 90.5 Å². The molecule has 0 saturated carbocycles. The van der Waals surface area contributed by atoms with E-state index in [1.807, 2.05) is 55.5 Å². The van der Waals surface area contributed by atoms with Crippen LogP contribution in [-0.2, 0) is 22.8 Å². The lowest BCUT2D eigenvalue weighted by Crippen LogP contribution is -2.54. The number of imide groups is 2. The number of anilines is 1. The number of barbiturate groups is 1. The Hall–Kier alpha value is -5.28. The molecule has 5 rings (SSSR count). The molecular weight excluding hydrogens is 596 g/mol. The Morgan fingerprint density at radius 2 is 1.49 bits per heavy atom. The average molecular weight is 627 g/mol. The number of hydrogen-bond acceptors (Lipinski definition) is 7. The number of halogens is 1. The van der Waals surface area contributed by atoms with Crippen LogP contribution in [-0.4, -0.2) is 31.6 Å². The van der Waals surface area contributed by atoms with Crippen LogP contribution in [0.5, 0.6) is 23.0 Å². The van der Waals surface area contributed by atoms with Gasteiger partial charge < -0.3 is 18.9 Å². The number of ether oxygens (including phenoxy) is 4. The summed E-state index contributed by atoms with van der Waals surface area (Å²) in [5, 5.41) is 2.62. The number of carbonyl (C=O) groups excluding carboxylic acids is 3. The van der Waals surface area contributed by atoms with Crippen LogP contribution in [0.25, 0.3) is 6.08 Å². The molecule has 1 aliphatic rings. The normalized spacial score (nSPS) is 13.9. The second kappa shape index (κ2) is 14.0. The van der Waals surface area contributed by atoms with Gasteiger partial charge in [0.2, 0.25) is 0 Å². The Balaban J connectivity index is 1.33. The van der Waals surface area contributed by atoms with Gasteiger partial charge in [0.15, 0.2) is 23.0 Å². The van der Waals surface area contributed by atoms with Gasteiger partial charge in [0.25, 0.3) is 11.8 Å². The van der Waals surface area contributed by atoms with Crippen molar-refractivity contribution in [3.63, 3.8) is 0 Å². The fourth-order valence-corrected chi connectivity index (χ4v) is 4.87. The van der Waals surface area contributed by atoms with Gasteiger partial charge in [-0.1, -0.05) is 60.1 Å². The predicted molar refractivity (Wildman–Crippen MR) is 171 cm³/mol. The van der Waals surface area contributed by atoms with Gasteiger partial charge in [-0.15, -0.1) is 0 Å². The summed E-state index contributed by atoms with van der Waals surface area (Å²) in [6.07, 6.45) is 1.41. The highest BCUT2D eigenvalue weighted by Crippen LogP contribution is 2.34. The van der Waals surface area contributed by atoms with E-state index in [-0.39, 0.29) is 17.9 Å². The van der Waals surface area contributed by atoms with Gasteiger partial charge in [-0.05, 0) is 78.6 Å². The summed E-state index contributed by atoms with van der Waals surface area (Å²) in [5.41, 5.74) is 3.00. The van der Waals surface area contributed by atoms with Crippen LogP contribution >= 0.6 is 11.6 Å². The molecule has 4 aromatic carbocycles. The number of nitrogens with zero attached hydrogens (tertiary/aromatic N) is 1. The van der Waals surface area contributed by atoms with Crippen LogP contribution < -0.4 is 29.2 Å². The Morgan fingerprint density at radius 1 is 0.778 bits per heavy atom. The lowest BCUT2D eigenvalue weighted by atomic mass is 10.1. The van der Waals surface area contributed by atoms with Gasteiger partial charge >= 0.3 is 6.03 Å². The van der Waals surface area contributed by atoms with Crippen molar-refractivity contribution >= 4 is 41.2 Å². The van der Waals surface area contributed by atoms with Gasteiger partial charge in [-0.2, -0.15) is 0 Å². The third-order valence-electron chi connectivity index (χ3n) is 7.02. The first-order chi connectivity index (χ1) is 21.8. The molecule has 1 fully saturated rings. The smallest absolute Gasteiger partial charge is 0.335 e. The Morgan fingerprint density at radius 3 is 2.22 bits per heavy atom. The number of urea groups is 1. The van der Waals surface area contributed by atoms with E-state index in [1.165, 1.54) is 6.08 Å². The maximum absolute atomic E-state index is 13.4. The molecule has 10 heteroatoms. The van der Waals surface area contributed by atoms with Gasteiger partial charge in [0, 0.05) is 5.02 Å². The van der Waals surface area contributed by atoms with E-state index in [2.05, 4.69) is 5.32 Å². The van der Waals surface area contributed by atoms with E-state index in [0.29, 0.717) is 52.4 Å². The summed E-state index contributed by atoms with van der Waals surface area (Å²) in [6, 6.07) is 24.5. The van der Waals surface area contributed by atoms with E-state index in [4.69, 9.17) is 30.5 Å². The van der Waals surface area contributed by atoms with Crippen LogP contribution in [0, 0.1) is 6.92 Å². The predicted octanol–water partition coefficient (Wildman–Crippen LogP) is 6.88. The highest BCUT2D eigenvalue weighted by molar-refractivity contribution is 6.40. The number of rotatable bonds is 11. The third kappa shape index (κ3) is 7.11. The molecule has 45 heavy (non-hydrogen) atoms. The highest BCUT2D eigenvalue weighted by Gasteiger charge is 2.37. The van der Waals surface area contributed by atoms with Crippen molar-refractivity contribution in [2.45, 2.75) is 27.1 Å². The largest absolute Gasteiger partial charge is 0.493 e. The number of nitrogens with one attached hydrogen (secondary N) is 1. The number of methoxy groups -OCH3 is 1. The fraction of sp³-hybridized carbons (Fsp3) is 0.171. The van der Waals surface area contributed by atoms with Crippen molar-refractivity contribution in [1.29, 1.82) is 0 Å². The fourth-order valence-electron chi connectivity index (χ4n) is 4.70. The van der Waals surface area contributed by atoms with Crippen molar-refractivity contribution < 1.29 is 33.3 Å². The number of carbonyl (C=O) groups is 3. The summed E-state index contributed by atoms with van der Waals surface area (Å²) >= 11 is 6.22. The zero-order chi connectivity index (χ0) is 31.9. The van der Waals surface area contributed by atoms with E-state index in [1.54, 1.807) is 50.4 Å². The summed E-state index contributed by atoms with van der Waals surface area (Å²) in [4.78, 5) is 39.7. The molecule has 0 unspecified atom stereocenters. The Bertz CT molecular complexity index is 1770. The molecule has 0 bridgehead atoms. The lowest BCUT2D eigenvalue weighted by Gasteiger charge is -2.27. The van der Waals surface area contributed by atoms with Crippen LogP contribution in [0.4, 0.5) is 10.5 Å². The average Bonchev–Trinajstić information content (AvgIpc) is 3.04. The van der Waals surface area contributed by atoms with Crippen molar-refractivity contribution in [1.82, 2.24) is 5.32 Å². The molecule has 0 radical (unpaired) electrons. The quantitative estimate of drug-likeness (QED) is 0.143. The molecule has 0 atom stereocenters. The first kappa shape index (κ1) is 31.2. The van der Waals surface area contributed by atoms with Gasteiger partial charge in [0.1, 0.15) is 18.8 Å². The number of hydrogen-bond donors (Lipinski definition) is 1. The zero-order valence-electron chi connectivity index (χ0n) is 25.0. The maximum atomic E-state index is 13.4. The summed E-state index contributed by atoms with van der Waals surface area (Å²) < 4.78 is 23.4. The van der Waals surface area contributed by atoms with Crippen LogP contribution in [0.2, 0.25) is 5.02 Å². The Labute approximate surface area is 265 Å². The molecule has 4 amide bonds. The standard InChI is InChI=1S/C35H31ClN2O7/c1-4-43-32-18-24(17-26-33(39)37-35(41)38(34(26)40)28-12-8-11-27(36)22(28)2)13-15-30(32)45-21-25-14-16-29(31(19-25)42-3)44-20-23-9-6-5-7-10-23/h5-19H,4,20-21H2,1-3H3,(H,37,39,41)/b26-17-. The summed E-state index contributed by atoms with van der Waals surface area (Å²) in [7, 11) is 1.58. The monoisotopic (exact) mass is 626 g/mol. The summed E-state index contributed by atoms with van der Waals surface area (Å²) in [6.45, 7) is 4.51. The lowest BCUT2D eigenvalue weighted by molar-refractivity contribution is -0.122. The molecule has 1 aliphatic heterocycles. The molecule has 0 aliphatic carbocycles. The minimum atomic E-state index is -0.848. The van der Waals surface area contributed by atoms with Gasteiger partial charge in [-0.3, -0.25) is 14.9 Å². The minimum absolute atomic E-state index is 0.215. The molecular formula is C35H31ClN2O7. The van der Waals surface area contributed by atoms with Crippen molar-refractivity contribution in [3.8, 4) is 23.0 Å². The van der Waals surface area contributed by atoms with E-state index < -0.39 is 17.8 Å². The van der Waals surface area contributed by atoms with Crippen LogP contribution in [0.1, 0.15) is 29.2 Å². The molecule has 0 aromatic heterocycles. The molecule has 1 heterocycles. The second-order valence-electron chi connectivity index (χ2n) is 10.0. The highest BCUT2D eigenvalue weighted by atomic mass is 35.5. The van der Waals surface area contributed by atoms with E-state index >= 15 is 0 Å². The van der Waals surface area contributed by atoms with E-state index in [9.17, 15) is 14.4 Å². The molecule has 1 saturated heterocycles. The molecule has 9 nitrogen and oxygen atoms in total. The SMILES string of the molecule is CCOc1cc(/C=C2/C(=O)NC(=O)N(c3cccc(Cl)c3C)C2=O)ccc1OCc1ccc(OCc2ccccc2)c(OC)c1. The first-order valence-corrected chi connectivity index (χ1v) is 14.6. The topological polar surface area (TPSA) is 103 Å². The third-order valence-corrected chi connectivity index (χ3v) is 7.43. The van der Waals surface area contributed by atoms with Gasteiger partial charge in [0.05, 0.1) is 19.4 Å². The second-order valence-corrected chi connectivity index (χ2v) is 10.4. The van der Waals surface area contributed by atoms with Gasteiger partial charge in [-0.25, -0.2) is 9.69 Å². The maximum Gasteiger partial charge on any atom is 0.335 e. The molecule has 230 valence electrons. The van der Waals surface area contributed by atoms with Crippen molar-refractivity contribution in [2.24, 2.45) is 0 Å². The van der Waals surface area contributed by atoms with Crippen LogP contribution in [0.3, 0.4) is 0 Å². The Kier molecular flexibility index (Phi) is 9.70. The van der Waals surface area contributed by atoms with Crippen molar-refractivity contribution in [2.75, 3.05) is 18.6 Å². The zero-order valence-corrected chi connectivity index (χ0v) is 25.7. The van der Waals surface area contributed by atoms with E-state index in [0.717, 1.165) is 16.0 Å². The molecule has 1 N–H and O–H groups in total. The molecule has 4 aromatic rings. The first-order valence-electron chi connectivity index (χ1n) is 14.2. The summed E-state index contributed by atoms with van der Waals surface area (Å²) in [5.74, 6) is 0.513. The molecule has 0 spiro atoms. The number of benzene rings is 4.